The van der Waals surface area contributed by atoms with Crippen molar-refractivity contribution in [2.24, 2.45) is 5.92 Å². The normalized spacial score (nSPS) is 17.8. The van der Waals surface area contributed by atoms with E-state index in [2.05, 4.69) is 36.1 Å². The molecule has 1 aliphatic heterocycles. The van der Waals surface area contributed by atoms with Gasteiger partial charge >= 0.3 is 0 Å². The van der Waals surface area contributed by atoms with Crippen molar-refractivity contribution in [2.45, 2.75) is 19.8 Å². The molecule has 3 rings (SSSR count). The number of hydrogen-bond acceptors (Lipinski definition) is 4. The van der Waals surface area contributed by atoms with Crippen LogP contribution in [0.3, 0.4) is 0 Å². The molecule has 1 aliphatic rings. The molecule has 0 radical (unpaired) electrons. The predicted octanol–water partition coefficient (Wildman–Crippen LogP) is 3.40. The van der Waals surface area contributed by atoms with Crippen LogP contribution in [-0.4, -0.2) is 29.0 Å². The maximum absolute atomic E-state index is 12.5. The Morgan fingerprint density at radius 3 is 2.96 bits per heavy atom. The fourth-order valence-corrected chi connectivity index (χ4v) is 3.02. The highest BCUT2D eigenvalue weighted by atomic mass is 79.9. The number of aryl methyl sites for hydroxylation is 1. The average Bonchev–Trinajstić information content (AvgIpc) is 2.57. The summed E-state index contributed by atoms with van der Waals surface area (Å²) in [6.07, 6.45) is 3.56. The van der Waals surface area contributed by atoms with Gasteiger partial charge in [-0.15, -0.1) is 0 Å². The van der Waals surface area contributed by atoms with Crippen molar-refractivity contribution in [2.75, 3.05) is 23.3 Å². The minimum Gasteiger partial charge on any atom is -0.356 e. The Kier molecular flexibility index (Phi) is 4.91. The van der Waals surface area contributed by atoms with Crippen LogP contribution in [0.25, 0.3) is 0 Å². The number of halogens is 1. The summed E-state index contributed by atoms with van der Waals surface area (Å²) in [5.41, 5.74) is 0.994. The molecule has 1 saturated heterocycles. The molecule has 1 N–H and O–H groups in total. The van der Waals surface area contributed by atoms with E-state index < -0.39 is 0 Å². The van der Waals surface area contributed by atoms with Crippen molar-refractivity contribution < 1.29 is 4.79 Å². The Bertz CT molecular complexity index is 689. The standard InChI is InChI=1S/C17H19BrN4O/c1-12-4-2-6-16(20-12)22-9-3-5-13(11-22)17(23)21-15-8-7-14(18)10-19-15/h2,4,6-8,10,13H,3,5,9,11H2,1H3,(H,19,21,23). The molecular weight excluding hydrogens is 356 g/mol. The summed E-state index contributed by atoms with van der Waals surface area (Å²) in [4.78, 5) is 23.4. The van der Waals surface area contributed by atoms with Gasteiger partial charge in [0.1, 0.15) is 11.6 Å². The Morgan fingerprint density at radius 1 is 1.35 bits per heavy atom. The second-order valence-electron chi connectivity index (χ2n) is 5.77. The molecule has 6 heteroatoms. The van der Waals surface area contributed by atoms with Crippen LogP contribution in [0.4, 0.5) is 11.6 Å². The van der Waals surface area contributed by atoms with Crippen LogP contribution in [0, 0.1) is 12.8 Å². The molecule has 0 saturated carbocycles. The van der Waals surface area contributed by atoms with E-state index in [-0.39, 0.29) is 11.8 Å². The zero-order valence-electron chi connectivity index (χ0n) is 13.0. The molecule has 120 valence electrons. The van der Waals surface area contributed by atoms with Gasteiger partial charge in [-0.1, -0.05) is 6.07 Å². The van der Waals surface area contributed by atoms with Crippen LogP contribution in [0.15, 0.2) is 41.0 Å². The monoisotopic (exact) mass is 374 g/mol. The van der Waals surface area contributed by atoms with Gasteiger partial charge in [0, 0.05) is 29.5 Å². The zero-order chi connectivity index (χ0) is 16.2. The van der Waals surface area contributed by atoms with Crippen LogP contribution in [-0.2, 0) is 4.79 Å². The molecule has 2 aromatic rings. The van der Waals surface area contributed by atoms with E-state index in [4.69, 9.17) is 0 Å². The van der Waals surface area contributed by atoms with Gasteiger partial charge in [0.05, 0.1) is 5.92 Å². The average molecular weight is 375 g/mol. The Hall–Kier alpha value is -1.95. The minimum atomic E-state index is -0.0449. The SMILES string of the molecule is Cc1cccc(N2CCCC(C(=O)Nc3ccc(Br)cn3)C2)n1. The molecule has 5 nitrogen and oxygen atoms in total. The lowest BCUT2D eigenvalue weighted by Gasteiger charge is -2.32. The first-order chi connectivity index (χ1) is 11.1. The summed E-state index contributed by atoms with van der Waals surface area (Å²) in [5, 5.41) is 2.90. The topological polar surface area (TPSA) is 58.1 Å². The number of pyridine rings is 2. The van der Waals surface area contributed by atoms with Crippen molar-refractivity contribution in [3.8, 4) is 0 Å². The van der Waals surface area contributed by atoms with E-state index in [1.165, 1.54) is 0 Å². The lowest BCUT2D eigenvalue weighted by Crippen LogP contribution is -2.41. The Balaban J connectivity index is 1.65. The van der Waals surface area contributed by atoms with Crippen LogP contribution < -0.4 is 10.2 Å². The Morgan fingerprint density at radius 2 is 2.22 bits per heavy atom. The van der Waals surface area contributed by atoms with Crippen LogP contribution in [0.1, 0.15) is 18.5 Å². The van der Waals surface area contributed by atoms with Crippen LogP contribution >= 0.6 is 15.9 Å². The van der Waals surface area contributed by atoms with Crippen molar-refractivity contribution >= 4 is 33.5 Å². The van der Waals surface area contributed by atoms with Gasteiger partial charge in [-0.25, -0.2) is 9.97 Å². The number of amides is 1. The van der Waals surface area contributed by atoms with Gasteiger partial charge in [0.15, 0.2) is 0 Å². The largest absolute Gasteiger partial charge is 0.356 e. The molecule has 2 aromatic heterocycles. The number of carbonyl (C=O) groups is 1. The van der Waals surface area contributed by atoms with Gasteiger partial charge in [-0.05, 0) is 60.0 Å². The van der Waals surface area contributed by atoms with Gasteiger partial charge in [-0.2, -0.15) is 0 Å². The molecule has 1 atom stereocenters. The number of hydrogen-bond donors (Lipinski definition) is 1. The van der Waals surface area contributed by atoms with E-state index in [9.17, 15) is 4.79 Å². The fourth-order valence-electron chi connectivity index (χ4n) is 2.78. The first-order valence-electron chi connectivity index (χ1n) is 7.73. The van der Waals surface area contributed by atoms with Crippen molar-refractivity contribution in [1.82, 2.24) is 9.97 Å². The number of nitrogens with one attached hydrogen (secondary N) is 1. The van der Waals surface area contributed by atoms with Gasteiger partial charge in [0.2, 0.25) is 5.91 Å². The number of carbonyl (C=O) groups excluding carboxylic acids is 1. The summed E-state index contributed by atoms with van der Waals surface area (Å²) in [6, 6.07) is 9.66. The van der Waals surface area contributed by atoms with Gasteiger partial charge < -0.3 is 10.2 Å². The van der Waals surface area contributed by atoms with E-state index in [0.717, 1.165) is 35.4 Å². The van der Waals surface area contributed by atoms with Crippen molar-refractivity contribution in [3.05, 3.63) is 46.7 Å². The number of aromatic nitrogens is 2. The fraction of sp³-hybridized carbons (Fsp3) is 0.353. The maximum Gasteiger partial charge on any atom is 0.230 e. The first kappa shape index (κ1) is 15.9. The highest BCUT2D eigenvalue weighted by molar-refractivity contribution is 9.10. The van der Waals surface area contributed by atoms with Crippen LogP contribution in [0.2, 0.25) is 0 Å². The molecule has 0 aliphatic carbocycles. The lowest BCUT2D eigenvalue weighted by molar-refractivity contribution is -0.120. The summed E-state index contributed by atoms with van der Waals surface area (Å²) >= 11 is 3.34. The van der Waals surface area contributed by atoms with E-state index in [1.54, 1.807) is 12.3 Å². The number of rotatable bonds is 3. The summed E-state index contributed by atoms with van der Waals surface area (Å²) < 4.78 is 0.893. The predicted molar refractivity (Wildman–Crippen MR) is 94.5 cm³/mol. The van der Waals surface area contributed by atoms with Crippen molar-refractivity contribution in [3.63, 3.8) is 0 Å². The van der Waals surface area contributed by atoms with Crippen molar-refractivity contribution in [1.29, 1.82) is 0 Å². The molecule has 0 bridgehead atoms. The quantitative estimate of drug-likeness (QED) is 0.894. The molecule has 0 aromatic carbocycles. The first-order valence-corrected chi connectivity index (χ1v) is 8.52. The summed E-state index contributed by atoms with van der Waals surface area (Å²) in [6.45, 7) is 3.62. The van der Waals surface area contributed by atoms with E-state index in [1.807, 2.05) is 31.2 Å². The third kappa shape index (κ3) is 4.07. The third-order valence-corrected chi connectivity index (χ3v) is 4.44. The maximum atomic E-state index is 12.5. The molecule has 1 amide bonds. The second-order valence-corrected chi connectivity index (χ2v) is 6.69. The zero-order valence-corrected chi connectivity index (χ0v) is 14.6. The molecular formula is C17H19BrN4O. The molecule has 1 unspecified atom stereocenters. The van der Waals surface area contributed by atoms with E-state index in [0.29, 0.717) is 12.4 Å². The Labute approximate surface area is 144 Å². The number of anilines is 2. The molecule has 23 heavy (non-hydrogen) atoms. The third-order valence-electron chi connectivity index (χ3n) is 3.97. The molecule has 3 heterocycles. The number of nitrogens with zero attached hydrogens (tertiary/aromatic N) is 3. The summed E-state index contributed by atoms with van der Waals surface area (Å²) in [5.74, 6) is 1.52. The molecule has 1 fully saturated rings. The molecule has 0 spiro atoms. The highest BCUT2D eigenvalue weighted by Crippen LogP contribution is 2.23. The smallest absolute Gasteiger partial charge is 0.230 e. The minimum absolute atomic E-state index is 0.0252. The lowest BCUT2D eigenvalue weighted by atomic mass is 9.97. The number of piperidine rings is 1. The van der Waals surface area contributed by atoms with Crippen LogP contribution in [0.5, 0.6) is 0 Å². The van der Waals surface area contributed by atoms with Gasteiger partial charge in [-0.3, -0.25) is 4.79 Å². The van der Waals surface area contributed by atoms with Gasteiger partial charge in [0.25, 0.3) is 0 Å². The highest BCUT2D eigenvalue weighted by Gasteiger charge is 2.26. The summed E-state index contributed by atoms with van der Waals surface area (Å²) in [7, 11) is 0. The second kappa shape index (κ2) is 7.08. The van der Waals surface area contributed by atoms with E-state index >= 15 is 0 Å².